The van der Waals surface area contributed by atoms with Crippen LogP contribution in [0.2, 0.25) is 0 Å². The number of nitrogens with zero attached hydrogens (tertiary/aromatic N) is 1. The molecule has 1 heterocycles. The molecule has 1 aromatic heterocycles. The Balaban J connectivity index is 0.00000312. The third-order valence-corrected chi connectivity index (χ3v) is 3.30. The minimum atomic E-state index is -0.361. The molecule has 0 radical (unpaired) electrons. The maximum atomic E-state index is 13.9. The molecule has 2 rings (SSSR count). The second-order valence-electron chi connectivity index (χ2n) is 5.15. The van der Waals surface area contributed by atoms with Crippen molar-refractivity contribution in [3.63, 3.8) is 0 Å². The second-order valence-corrected chi connectivity index (χ2v) is 5.15. The van der Waals surface area contributed by atoms with E-state index in [-0.39, 0.29) is 35.5 Å². The first kappa shape index (κ1) is 21.3. The zero-order valence-electron chi connectivity index (χ0n) is 14.5. The number of ether oxygens (including phenoxy) is 1. The Morgan fingerprint density at radius 3 is 2.72 bits per heavy atom. The van der Waals surface area contributed by atoms with Gasteiger partial charge >= 0.3 is 0 Å². The monoisotopic (exact) mass is 461 g/mol. The van der Waals surface area contributed by atoms with Crippen molar-refractivity contribution in [1.29, 1.82) is 0 Å². The lowest BCUT2D eigenvalue weighted by atomic mass is 10.2. The predicted molar refractivity (Wildman–Crippen MR) is 108 cm³/mol. The van der Waals surface area contributed by atoms with Gasteiger partial charge in [0.2, 0.25) is 0 Å². The van der Waals surface area contributed by atoms with Crippen molar-refractivity contribution < 1.29 is 13.5 Å². The summed E-state index contributed by atoms with van der Waals surface area (Å²) in [5.74, 6) is 1.53. The highest BCUT2D eigenvalue weighted by atomic mass is 127. The van der Waals surface area contributed by atoms with E-state index >= 15 is 0 Å². The van der Waals surface area contributed by atoms with Crippen LogP contribution in [0.1, 0.15) is 25.2 Å². The fraction of sp³-hybridized carbons (Fsp3) is 0.389. The minimum Gasteiger partial charge on any atom is -0.491 e. The smallest absolute Gasteiger partial charge is 0.191 e. The topological polar surface area (TPSA) is 58.8 Å². The predicted octanol–water partition coefficient (Wildman–Crippen LogP) is 3.73. The Hall–Kier alpha value is -1.77. The van der Waals surface area contributed by atoms with Crippen LogP contribution in [0, 0.1) is 5.82 Å². The van der Waals surface area contributed by atoms with Gasteiger partial charge in [-0.25, -0.2) is 9.38 Å². The minimum absolute atomic E-state index is 0. The van der Waals surface area contributed by atoms with Crippen LogP contribution in [0.4, 0.5) is 4.39 Å². The van der Waals surface area contributed by atoms with E-state index in [4.69, 9.17) is 9.15 Å². The summed E-state index contributed by atoms with van der Waals surface area (Å²) in [5, 5.41) is 6.41. The highest BCUT2D eigenvalue weighted by Crippen LogP contribution is 2.18. The fourth-order valence-electron chi connectivity index (χ4n) is 2.19. The number of benzene rings is 1. The molecule has 0 aliphatic rings. The fourth-order valence-corrected chi connectivity index (χ4v) is 2.19. The van der Waals surface area contributed by atoms with Crippen molar-refractivity contribution in [2.45, 2.75) is 26.8 Å². The van der Waals surface area contributed by atoms with Crippen LogP contribution in [0.25, 0.3) is 0 Å². The van der Waals surface area contributed by atoms with Gasteiger partial charge in [0.25, 0.3) is 0 Å². The first-order valence-corrected chi connectivity index (χ1v) is 8.18. The van der Waals surface area contributed by atoms with Gasteiger partial charge in [0.1, 0.15) is 5.76 Å². The lowest BCUT2D eigenvalue weighted by Crippen LogP contribution is -2.38. The van der Waals surface area contributed by atoms with Gasteiger partial charge in [0.15, 0.2) is 17.5 Å². The van der Waals surface area contributed by atoms with Crippen LogP contribution < -0.4 is 15.4 Å². The number of hydrogen-bond donors (Lipinski definition) is 2. The quantitative estimate of drug-likeness (QED) is 0.358. The normalized spacial score (nSPS) is 10.9. The maximum absolute atomic E-state index is 13.9. The standard InChI is InChI=1S/C18H24FN3O2.HI/c1-3-20-18(21-10-9-15-6-5-11-24-15)22-13-14-7-8-17(23-4-2)16(19)12-14;/h5-8,11-12H,3-4,9-10,13H2,1-2H3,(H2,20,21,22);1H. The van der Waals surface area contributed by atoms with Crippen molar-refractivity contribution in [3.05, 3.63) is 53.7 Å². The summed E-state index contributed by atoms with van der Waals surface area (Å²) in [6.07, 6.45) is 2.43. The van der Waals surface area contributed by atoms with E-state index in [2.05, 4.69) is 15.6 Å². The molecule has 0 amide bonds. The van der Waals surface area contributed by atoms with Gasteiger partial charge in [-0.2, -0.15) is 0 Å². The SMILES string of the molecule is CCNC(=NCc1ccc(OCC)c(F)c1)NCCc1ccco1.I. The van der Waals surface area contributed by atoms with E-state index in [0.717, 1.165) is 24.3 Å². The van der Waals surface area contributed by atoms with Gasteiger partial charge in [-0.3, -0.25) is 0 Å². The summed E-state index contributed by atoms with van der Waals surface area (Å²) in [4.78, 5) is 4.48. The molecule has 138 valence electrons. The van der Waals surface area contributed by atoms with Crippen LogP contribution >= 0.6 is 24.0 Å². The van der Waals surface area contributed by atoms with E-state index in [0.29, 0.717) is 25.7 Å². The zero-order valence-corrected chi connectivity index (χ0v) is 16.9. The molecule has 2 N–H and O–H groups in total. The van der Waals surface area contributed by atoms with E-state index in [1.807, 2.05) is 32.0 Å². The largest absolute Gasteiger partial charge is 0.491 e. The lowest BCUT2D eigenvalue weighted by Gasteiger charge is -2.11. The summed E-state index contributed by atoms with van der Waals surface area (Å²) >= 11 is 0. The molecular weight excluding hydrogens is 436 g/mol. The highest BCUT2D eigenvalue weighted by Gasteiger charge is 2.05. The molecule has 0 atom stereocenters. The summed E-state index contributed by atoms with van der Waals surface area (Å²) in [6.45, 7) is 6.12. The molecule has 2 aromatic rings. The zero-order chi connectivity index (χ0) is 17.2. The number of furan rings is 1. The highest BCUT2D eigenvalue weighted by molar-refractivity contribution is 14.0. The summed E-state index contributed by atoms with van der Waals surface area (Å²) < 4.78 is 24.3. The van der Waals surface area contributed by atoms with E-state index in [9.17, 15) is 4.39 Å². The molecule has 7 heteroatoms. The Morgan fingerprint density at radius 2 is 2.08 bits per heavy atom. The molecule has 0 saturated heterocycles. The van der Waals surface area contributed by atoms with Gasteiger partial charge in [0.05, 0.1) is 19.4 Å². The first-order valence-electron chi connectivity index (χ1n) is 8.18. The first-order chi connectivity index (χ1) is 11.7. The molecule has 25 heavy (non-hydrogen) atoms. The molecular formula is C18H25FIN3O2. The van der Waals surface area contributed by atoms with Gasteiger partial charge in [0, 0.05) is 19.5 Å². The van der Waals surface area contributed by atoms with Crippen molar-refractivity contribution in [1.82, 2.24) is 10.6 Å². The van der Waals surface area contributed by atoms with Gasteiger partial charge in [-0.05, 0) is 43.7 Å². The Bertz CT molecular complexity index is 648. The van der Waals surface area contributed by atoms with Crippen LogP contribution in [0.15, 0.2) is 46.0 Å². The number of rotatable bonds is 8. The van der Waals surface area contributed by atoms with Crippen molar-refractivity contribution in [2.75, 3.05) is 19.7 Å². The lowest BCUT2D eigenvalue weighted by molar-refractivity contribution is 0.321. The van der Waals surface area contributed by atoms with Gasteiger partial charge in [-0.15, -0.1) is 24.0 Å². The molecule has 0 fully saturated rings. The number of aliphatic imine (C=N–C) groups is 1. The van der Waals surface area contributed by atoms with Crippen molar-refractivity contribution in [3.8, 4) is 5.75 Å². The van der Waals surface area contributed by atoms with E-state index < -0.39 is 0 Å². The molecule has 0 aliphatic heterocycles. The van der Waals surface area contributed by atoms with Crippen molar-refractivity contribution in [2.24, 2.45) is 4.99 Å². The molecule has 5 nitrogen and oxygen atoms in total. The summed E-state index contributed by atoms with van der Waals surface area (Å²) in [5.41, 5.74) is 0.791. The van der Waals surface area contributed by atoms with Crippen molar-refractivity contribution >= 4 is 29.9 Å². The Morgan fingerprint density at radius 1 is 1.24 bits per heavy atom. The summed E-state index contributed by atoms with van der Waals surface area (Å²) in [6, 6.07) is 8.73. The van der Waals surface area contributed by atoms with Crippen LogP contribution in [0.5, 0.6) is 5.75 Å². The Labute approximate surface area is 165 Å². The number of halogens is 2. The van der Waals surface area contributed by atoms with E-state index in [1.165, 1.54) is 6.07 Å². The molecule has 0 bridgehead atoms. The van der Waals surface area contributed by atoms with Gasteiger partial charge in [-0.1, -0.05) is 6.07 Å². The van der Waals surface area contributed by atoms with Crippen LogP contribution in [0.3, 0.4) is 0 Å². The molecule has 0 spiro atoms. The average molecular weight is 461 g/mol. The van der Waals surface area contributed by atoms with Gasteiger partial charge < -0.3 is 19.8 Å². The van der Waals surface area contributed by atoms with Crippen LogP contribution in [-0.2, 0) is 13.0 Å². The van der Waals surface area contributed by atoms with Crippen LogP contribution in [-0.4, -0.2) is 25.7 Å². The molecule has 0 saturated carbocycles. The summed E-state index contributed by atoms with van der Waals surface area (Å²) in [7, 11) is 0. The van der Waals surface area contributed by atoms with E-state index in [1.54, 1.807) is 12.3 Å². The maximum Gasteiger partial charge on any atom is 0.191 e. The Kier molecular flexibility index (Phi) is 9.98. The number of hydrogen-bond acceptors (Lipinski definition) is 3. The molecule has 0 aliphatic carbocycles. The molecule has 0 unspecified atom stereocenters. The second kappa shape index (κ2) is 11.7. The number of guanidine groups is 1. The number of nitrogens with one attached hydrogen (secondary N) is 2. The third-order valence-electron chi connectivity index (χ3n) is 3.30. The molecule has 1 aromatic carbocycles. The third kappa shape index (κ3) is 7.33. The average Bonchev–Trinajstić information content (AvgIpc) is 3.08.